The third kappa shape index (κ3) is 5.60. The third-order valence-corrected chi connectivity index (χ3v) is 4.90. The second-order valence-electron chi connectivity index (χ2n) is 6.85. The lowest BCUT2D eigenvalue weighted by Gasteiger charge is -2.32. The Hall–Kier alpha value is -3.33. The third-order valence-electron chi connectivity index (χ3n) is 4.90. The van der Waals surface area contributed by atoms with Gasteiger partial charge in [0.1, 0.15) is 11.6 Å². The van der Waals surface area contributed by atoms with Crippen LogP contribution in [0, 0.1) is 11.7 Å². The molecule has 30 heavy (non-hydrogen) atoms. The number of halogens is 1. The number of rotatable bonds is 4. The molecule has 0 aromatic heterocycles. The van der Waals surface area contributed by atoms with Gasteiger partial charge in [-0.05, 0) is 48.7 Å². The number of nitrogens with one attached hydrogen (secondary N) is 1. The van der Waals surface area contributed by atoms with Crippen LogP contribution in [0.15, 0.2) is 42.5 Å². The molecule has 2 atom stereocenters. The van der Waals surface area contributed by atoms with Crippen LogP contribution in [0.3, 0.4) is 0 Å². The number of aliphatic carboxylic acids is 2. The van der Waals surface area contributed by atoms with Gasteiger partial charge in [-0.3, -0.25) is 0 Å². The summed E-state index contributed by atoms with van der Waals surface area (Å²) in [6.45, 7) is 2.74. The zero-order valence-electron chi connectivity index (χ0n) is 16.0. The lowest BCUT2D eigenvalue weighted by atomic mass is 9.81. The predicted octanol–water partition coefficient (Wildman–Crippen LogP) is 2.48. The smallest absolute Gasteiger partial charge is 0.414 e. The Morgan fingerprint density at radius 3 is 2.47 bits per heavy atom. The van der Waals surface area contributed by atoms with E-state index in [-0.39, 0.29) is 12.6 Å². The van der Waals surface area contributed by atoms with Gasteiger partial charge in [0.15, 0.2) is 11.5 Å². The largest absolute Gasteiger partial charge is 0.493 e. The van der Waals surface area contributed by atoms with Gasteiger partial charge in [0.25, 0.3) is 0 Å². The summed E-state index contributed by atoms with van der Waals surface area (Å²) in [5, 5.41) is 18.2. The van der Waals surface area contributed by atoms with Crippen molar-refractivity contribution in [2.24, 2.45) is 5.92 Å². The molecule has 0 unspecified atom stereocenters. The normalized spacial score (nSPS) is 19.4. The standard InChI is InChI=1S/C19H20FNO3.C2H2O4/c20-15-3-1-13(2-4-15)17-7-8-21-10-14(17)11-22-16-5-6-18-19(9-16)24-12-23-18;3-1(4)2(5)6/h1-6,9,14,17,21H,7-8,10-12H2;(H,3,4)(H,5,6)/t14-,17-;/m0./s1. The summed E-state index contributed by atoms with van der Waals surface area (Å²) in [6, 6.07) is 12.5. The highest BCUT2D eigenvalue weighted by molar-refractivity contribution is 6.27. The van der Waals surface area contributed by atoms with Gasteiger partial charge >= 0.3 is 11.9 Å². The van der Waals surface area contributed by atoms with Crippen LogP contribution < -0.4 is 19.5 Å². The lowest BCUT2D eigenvalue weighted by molar-refractivity contribution is -0.159. The predicted molar refractivity (Wildman–Crippen MR) is 103 cm³/mol. The van der Waals surface area contributed by atoms with E-state index in [0.29, 0.717) is 18.4 Å². The van der Waals surface area contributed by atoms with Gasteiger partial charge in [-0.15, -0.1) is 0 Å². The first kappa shape index (κ1) is 21.4. The Balaban J connectivity index is 0.000000377. The van der Waals surface area contributed by atoms with Crippen molar-refractivity contribution in [2.75, 3.05) is 26.5 Å². The van der Waals surface area contributed by atoms with Crippen LogP contribution in [0.4, 0.5) is 4.39 Å². The monoisotopic (exact) mass is 419 g/mol. The molecule has 0 radical (unpaired) electrons. The summed E-state index contributed by atoms with van der Waals surface area (Å²) >= 11 is 0. The topological polar surface area (TPSA) is 114 Å². The van der Waals surface area contributed by atoms with Gasteiger partial charge < -0.3 is 29.7 Å². The molecule has 2 aromatic rings. The molecule has 0 spiro atoms. The average Bonchev–Trinajstić information content (AvgIpc) is 3.21. The highest BCUT2D eigenvalue weighted by Gasteiger charge is 2.27. The summed E-state index contributed by atoms with van der Waals surface area (Å²) < 4.78 is 29.9. The van der Waals surface area contributed by atoms with Crippen LogP contribution >= 0.6 is 0 Å². The molecule has 1 fully saturated rings. The first-order valence-electron chi connectivity index (χ1n) is 9.39. The molecule has 0 amide bonds. The maximum Gasteiger partial charge on any atom is 0.414 e. The van der Waals surface area contributed by atoms with Crippen molar-refractivity contribution in [3.63, 3.8) is 0 Å². The molecule has 9 heteroatoms. The first-order chi connectivity index (χ1) is 14.4. The van der Waals surface area contributed by atoms with Crippen molar-refractivity contribution in [3.8, 4) is 17.2 Å². The molecule has 3 N–H and O–H groups in total. The number of benzene rings is 2. The molecular formula is C21H22FNO7. The van der Waals surface area contributed by atoms with E-state index in [2.05, 4.69) is 5.32 Å². The number of hydrogen-bond donors (Lipinski definition) is 3. The number of piperidine rings is 1. The number of carbonyl (C=O) groups is 2. The van der Waals surface area contributed by atoms with Gasteiger partial charge in [-0.25, -0.2) is 14.0 Å². The number of fused-ring (bicyclic) bond motifs is 1. The summed E-state index contributed by atoms with van der Waals surface area (Å²) in [4.78, 5) is 18.2. The maximum atomic E-state index is 13.2. The molecule has 1 saturated heterocycles. The molecule has 2 aliphatic heterocycles. The maximum absolute atomic E-state index is 13.2. The highest BCUT2D eigenvalue weighted by Crippen LogP contribution is 2.36. The van der Waals surface area contributed by atoms with E-state index in [9.17, 15) is 4.39 Å². The van der Waals surface area contributed by atoms with Crippen LogP contribution in [0.5, 0.6) is 17.2 Å². The first-order valence-corrected chi connectivity index (χ1v) is 9.39. The summed E-state index contributed by atoms with van der Waals surface area (Å²) in [6.07, 6.45) is 1.03. The molecule has 0 bridgehead atoms. The van der Waals surface area contributed by atoms with Crippen molar-refractivity contribution in [2.45, 2.75) is 12.3 Å². The molecule has 2 aromatic carbocycles. The molecule has 2 aliphatic rings. The van der Waals surface area contributed by atoms with E-state index < -0.39 is 11.9 Å². The molecule has 0 saturated carbocycles. The second kappa shape index (κ2) is 9.93. The fourth-order valence-electron chi connectivity index (χ4n) is 3.42. The van der Waals surface area contributed by atoms with Crippen molar-refractivity contribution in [3.05, 3.63) is 53.8 Å². The zero-order chi connectivity index (χ0) is 21.5. The van der Waals surface area contributed by atoms with Gasteiger partial charge in [0, 0.05) is 18.5 Å². The minimum absolute atomic E-state index is 0.194. The SMILES string of the molecule is Fc1ccc([C@@H]2CCNC[C@H]2COc2ccc3c(c2)OCO3)cc1.O=C(O)C(=O)O. The Morgan fingerprint density at radius 2 is 1.77 bits per heavy atom. The Labute approximate surface area is 172 Å². The van der Waals surface area contributed by atoms with Crippen molar-refractivity contribution in [1.82, 2.24) is 5.32 Å². The fourth-order valence-corrected chi connectivity index (χ4v) is 3.42. The highest BCUT2D eigenvalue weighted by atomic mass is 19.1. The minimum Gasteiger partial charge on any atom is -0.493 e. The van der Waals surface area contributed by atoms with Gasteiger partial charge in [0.05, 0.1) is 6.61 Å². The van der Waals surface area contributed by atoms with Crippen LogP contribution in [-0.4, -0.2) is 48.6 Å². The minimum atomic E-state index is -1.82. The van der Waals surface area contributed by atoms with E-state index in [1.807, 2.05) is 30.3 Å². The van der Waals surface area contributed by atoms with Crippen LogP contribution in [0.2, 0.25) is 0 Å². The van der Waals surface area contributed by atoms with Crippen LogP contribution in [0.25, 0.3) is 0 Å². The van der Waals surface area contributed by atoms with E-state index in [4.69, 9.17) is 34.0 Å². The average molecular weight is 419 g/mol. The molecular weight excluding hydrogens is 397 g/mol. The van der Waals surface area contributed by atoms with Gasteiger partial charge in [0.2, 0.25) is 6.79 Å². The summed E-state index contributed by atoms with van der Waals surface area (Å²) in [7, 11) is 0. The summed E-state index contributed by atoms with van der Waals surface area (Å²) in [5.74, 6) is -0.862. The number of ether oxygens (including phenoxy) is 3. The number of carboxylic acids is 2. The van der Waals surface area contributed by atoms with Crippen molar-refractivity contribution in [1.29, 1.82) is 0 Å². The molecule has 8 nitrogen and oxygen atoms in total. The zero-order valence-corrected chi connectivity index (χ0v) is 16.0. The van der Waals surface area contributed by atoms with Crippen molar-refractivity contribution < 1.29 is 38.4 Å². The molecule has 160 valence electrons. The second-order valence-corrected chi connectivity index (χ2v) is 6.85. The van der Waals surface area contributed by atoms with E-state index >= 15 is 0 Å². The van der Waals surface area contributed by atoms with Crippen LogP contribution in [0.1, 0.15) is 17.9 Å². The Kier molecular flexibility index (Phi) is 7.08. The summed E-state index contributed by atoms with van der Waals surface area (Å²) in [5.41, 5.74) is 1.18. The fraction of sp³-hybridized carbons (Fsp3) is 0.333. The number of carboxylic acid groups (broad SMARTS) is 2. The van der Waals surface area contributed by atoms with Crippen molar-refractivity contribution >= 4 is 11.9 Å². The lowest BCUT2D eigenvalue weighted by Crippen LogP contribution is -2.38. The van der Waals surface area contributed by atoms with Crippen LogP contribution in [-0.2, 0) is 9.59 Å². The molecule has 2 heterocycles. The number of hydrogen-bond acceptors (Lipinski definition) is 6. The molecule has 4 rings (SSSR count). The Morgan fingerprint density at radius 1 is 1.07 bits per heavy atom. The molecule has 0 aliphatic carbocycles. The van der Waals surface area contributed by atoms with Gasteiger partial charge in [-0.1, -0.05) is 12.1 Å². The van der Waals surface area contributed by atoms with E-state index in [1.165, 1.54) is 17.7 Å². The van der Waals surface area contributed by atoms with Gasteiger partial charge in [-0.2, -0.15) is 0 Å². The van der Waals surface area contributed by atoms with E-state index in [0.717, 1.165) is 36.8 Å². The quantitative estimate of drug-likeness (QED) is 0.648. The van der Waals surface area contributed by atoms with E-state index in [1.54, 1.807) is 0 Å². The Bertz CT molecular complexity index is 875.